The third-order valence-corrected chi connectivity index (χ3v) is 4.90. The van der Waals surface area contributed by atoms with E-state index in [0.29, 0.717) is 17.1 Å². The lowest BCUT2D eigenvalue weighted by atomic mass is 10.1. The monoisotopic (exact) mass is 374 g/mol. The van der Waals surface area contributed by atoms with E-state index in [1.807, 2.05) is 31.6 Å². The minimum Gasteiger partial charge on any atom is -0.350 e. The van der Waals surface area contributed by atoms with Crippen molar-refractivity contribution in [1.82, 2.24) is 20.0 Å². The van der Waals surface area contributed by atoms with Gasteiger partial charge in [0, 0.05) is 17.8 Å². The summed E-state index contributed by atoms with van der Waals surface area (Å²) in [6, 6.07) is 9.52. The molecule has 0 fully saturated rings. The van der Waals surface area contributed by atoms with Crippen LogP contribution >= 0.6 is 22.9 Å². The molecule has 3 aromatic rings. The van der Waals surface area contributed by atoms with E-state index in [-0.39, 0.29) is 11.9 Å². The van der Waals surface area contributed by atoms with E-state index in [9.17, 15) is 4.79 Å². The largest absolute Gasteiger partial charge is 0.350 e. The number of rotatable bonds is 6. The summed E-state index contributed by atoms with van der Waals surface area (Å²) < 4.78 is 1.66. The fraction of sp³-hybridized carbons (Fsp3) is 0.222. The summed E-state index contributed by atoms with van der Waals surface area (Å²) in [5.41, 5.74) is 2.58. The summed E-state index contributed by atoms with van der Waals surface area (Å²) in [7, 11) is 4.01. The maximum Gasteiger partial charge on any atom is 0.254 e. The van der Waals surface area contributed by atoms with Crippen LogP contribution < -0.4 is 5.32 Å². The highest BCUT2D eigenvalue weighted by Gasteiger charge is 2.17. The minimum atomic E-state index is -0.137. The van der Waals surface area contributed by atoms with E-state index < -0.39 is 0 Å². The highest BCUT2D eigenvalue weighted by atomic mass is 35.5. The lowest BCUT2D eigenvalue weighted by Crippen LogP contribution is -2.34. The molecule has 5 nitrogen and oxygen atoms in total. The van der Waals surface area contributed by atoms with Crippen molar-refractivity contribution in [3.8, 4) is 5.69 Å². The molecule has 0 bridgehead atoms. The smallest absolute Gasteiger partial charge is 0.254 e. The Bertz CT molecular complexity index is 827. The number of nitrogens with one attached hydrogen (secondary N) is 1. The Morgan fingerprint density at radius 1 is 1.32 bits per heavy atom. The summed E-state index contributed by atoms with van der Waals surface area (Å²) in [5.74, 6) is -0.137. The van der Waals surface area contributed by atoms with Crippen molar-refractivity contribution < 1.29 is 4.79 Å². The van der Waals surface area contributed by atoms with Gasteiger partial charge in [0.25, 0.3) is 5.91 Å². The summed E-state index contributed by atoms with van der Waals surface area (Å²) in [6.45, 7) is 0.536. The van der Waals surface area contributed by atoms with Crippen LogP contribution in [0.3, 0.4) is 0 Å². The van der Waals surface area contributed by atoms with Crippen molar-refractivity contribution in [2.45, 2.75) is 6.04 Å². The summed E-state index contributed by atoms with van der Waals surface area (Å²) in [4.78, 5) is 14.5. The van der Waals surface area contributed by atoms with Gasteiger partial charge >= 0.3 is 0 Å². The fourth-order valence-electron chi connectivity index (χ4n) is 2.53. The average molecular weight is 375 g/mol. The number of carbonyl (C=O) groups excluding carboxylic acids is 1. The standard InChI is InChI=1S/C18H19ClN4OS/c1-22(2)17(13-7-8-25-12-13)10-20-18(24)14-9-21-23(11-14)16-5-3-15(19)4-6-16/h3-9,11-12,17H,10H2,1-2H3,(H,20,24). The van der Waals surface area contributed by atoms with Gasteiger partial charge in [-0.05, 0) is 60.8 Å². The average Bonchev–Trinajstić information content (AvgIpc) is 3.27. The predicted molar refractivity (Wildman–Crippen MR) is 102 cm³/mol. The Morgan fingerprint density at radius 2 is 2.08 bits per heavy atom. The molecule has 0 spiro atoms. The van der Waals surface area contributed by atoms with Crippen LogP contribution in [0.1, 0.15) is 22.0 Å². The van der Waals surface area contributed by atoms with Gasteiger partial charge in [0.1, 0.15) is 0 Å². The Hall–Kier alpha value is -2.15. The van der Waals surface area contributed by atoms with Crippen LogP contribution in [-0.4, -0.2) is 41.2 Å². The maximum atomic E-state index is 12.4. The zero-order chi connectivity index (χ0) is 17.8. The van der Waals surface area contributed by atoms with Gasteiger partial charge in [-0.2, -0.15) is 16.4 Å². The number of hydrogen-bond donors (Lipinski definition) is 1. The maximum absolute atomic E-state index is 12.4. The molecule has 0 aliphatic carbocycles. The second-order valence-electron chi connectivity index (χ2n) is 5.90. The molecule has 2 heterocycles. The van der Waals surface area contributed by atoms with Gasteiger partial charge in [-0.15, -0.1) is 0 Å². The Labute approximate surface area is 155 Å². The molecule has 7 heteroatoms. The van der Waals surface area contributed by atoms with Crippen molar-refractivity contribution in [3.05, 3.63) is 69.6 Å². The molecule has 130 valence electrons. The normalized spacial score (nSPS) is 12.3. The Balaban J connectivity index is 1.66. The van der Waals surface area contributed by atoms with Crippen molar-refractivity contribution in [2.75, 3.05) is 20.6 Å². The number of carbonyl (C=O) groups is 1. The third kappa shape index (κ3) is 4.28. The van der Waals surface area contributed by atoms with E-state index in [1.54, 1.807) is 40.5 Å². The molecule has 0 radical (unpaired) electrons. The van der Waals surface area contributed by atoms with Gasteiger partial charge in [0.2, 0.25) is 0 Å². The highest BCUT2D eigenvalue weighted by Crippen LogP contribution is 2.20. The zero-order valence-electron chi connectivity index (χ0n) is 14.0. The van der Waals surface area contributed by atoms with Crippen LogP contribution in [0.25, 0.3) is 5.69 Å². The zero-order valence-corrected chi connectivity index (χ0v) is 15.6. The van der Waals surface area contributed by atoms with Gasteiger partial charge < -0.3 is 10.2 Å². The van der Waals surface area contributed by atoms with Crippen molar-refractivity contribution in [3.63, 3.8) is 0 Å². The topological polar surface area (TPSA) is 50.2 Å². The molecule has 1 amide bonds. The van der Waals surface area contributed by atoms with E-state index in [2.05, 4.69) is 26.8 Å². The lowest BCUT2D eigenvalue weighted by Gasteiger charge is -2.23. The first kappa shape index (κ1) is 17.7. The van der Waals surface area contributed by atoms with Crippen LogP contribution in [0, 0.1) is 0 Å². The summed E-state index contributed by atoms with van der Waals surface area (Å²) in [6.07, 6.45) is 3.28. The van der Waals surface area contributed by atoms with E-state index in [0.717, 1.165) is 5.69 Å². The van der Waals surface area contributed by atoms with Crippen LogP contribution in [0.15, 0.2) is 53.5 Å². The van der Waals surface area contributed by atoms with Gasteiger partial charge in [-0.3, -0.25) is 4.79 Å². The van der Waals surface area contributed by atoms with Crippen LogP contribution in [-0.2, 0) is 0 Å². The number of likely N-dealkylation sites (N-methyl/N-ethyl adjacent to an activating group) is 1. The first-order chi connectivity index (χ1) is 12.0. The number of benzene rings is 1. The van der Waals surface area contributed by atoms with E-state index >= 15 is 0 Å². The van der Waals surface area contributed by atoms with Gasteiger partial charge in [0.15, 0.2) is 0 Å². The third-order valence-electron chi connectivity index (χ3n) is 3.94. The first-order valence-electron chi connectivity index (χ1n) is 7.82. The minimum absolute atomic E-state index is 0.137. The Kier molecular flexibility index (Phi) is 5.53. The van der Waals surface area contributed by atoms with E-state index in [4.69, 9.17) is 11.6 Å². The van der Waals surface area contributed by atoms with Crippen LogP contribution in [0.2, 0.25) is 5.02 Å². The molecule has 1 unspecified atom stereocenters. The molecule has 0 aliphatic heterocycles. The second kappa shape index (κ2) is 7.82. The lowest BCUT2D eigenvalue weighted by molar-refractivity contribution is 0.0942. The number of thiophene rings is 1. The molecule has 0 aliphatic rings. The second-order valence-corrected chi connectivity index (χ2v) is 7.11. The predicted octanol–water partition coefficient (Wildman–Crippen LogP) is 3.62. The quantitative estimate of drug-likeness (QED) is 0.717. The van der Waals surface area contributed by atoms with Crippen molar-refractivity contribution in [2.24, 2.45) is 0 Å². The van der Waals surface area contributed by atoms with E-state index in [1.165, 1.54) is 5.56 Å². The first-order valence-corrected chi connectivity index (χ1v) is 9.14. The van der Waals surface area contributed by atoms with Gasteiger partial charge in [0.05, 0.1) is 23.5 Å². The van der Waals surface area contributed by atoms with Crippen LogP contribution in [0.4, 0.5) is 0 Å². The molecule has 1 aromatic carbocycles. The SMILES string of the molecule is CN(C)C(CNC(=O)c1cnn(-c2ccc(Cl)cc2)c1)c1ccsc1. The fourth-order valence-corrected chi connectivity index (χ4v) is 3.36. The van der Waals surface area contributed by atoms with Crippen molar-refractivity contribution >= 4 is 28.8 Å². The number of amides is 1. The van der Waals surface area contributed by atoms with Crippen LogP contribution in [0.5, 0.6) is 0 Å². The van der Waals surface area contributed by atoms with Gasteiger partial charge in [-0.1, -0.05) is 11.6 Å². The Morgan fingerprint density at radius 3 is 2.72 bits per heavy atom. The number of aromatic nitrogens is 2. The van der Waals surface area contributed by atoms with Gasteiger partial charge in [-0.25, -0.2) is 4.68 Å². The number of halogens is 1. The molecule has 3 rings (SSSR count). The molecular weight excluding hydrogens is 356 g/mol. The van der Waals surface area contributed by atoms with Crippen molar-refractivity contribution in [1.29, 1.82) is 0 Å². The number of nitrogens with zero attached hydrogens (tertiary/aromatic N) is 3. The molecule has 25 heavy (non-hydrogen) atoms. The molecule has 1 N–H and O–H groups in total. The molecule has 0 saturated carbocycles. The number of hydrogen-bond acceptors (Lipinski definition) is 4. The molecule has 0 saturated heterocycles. The molecule has 1 atom stereocenters. The molecule has 2 aromatic heterocycles. The summed E-state index contributed by atoms with van der Waals surface area (Å²) in [5, 5.41) is 12.1. The summed E-state index contributed by atoms with van der Waals surface area (Å²) >= 11 is 7.55. The highest BCUT2D eigenvalue weighted by molar-refractivity contribution is 7.07. The molecular formula is C18H19ClN4OS.